The SMILES string of the molecule is Cn1ccc(C(=O)C2CCC(C)(C)CC2)n1. The predicted molar refractivity (Wildman–Crippen MR) is 63.3 cm³/mol. The molecule has 1 aliphatic rings. The van der Waals surface area contributed by atoms with E-state index in [1.807, 2.05) is 19.3 Å². The van der Waals surface area contributed by atoms with Crippen LogP contribution in [0, 0.1) is 11.3 Å². The summed E-state index contributed by atoms with van der Waals surface area (Å²) in [6.45, 7) is 4.57. The molecule has 0 aromatic carbocycles. The molecule has 1 fully saturated rings. The average molecular weight is 220 g/mol. The number of rotatable bonds is 2. The molecule has 3 heteroatoms. The van der Waals surface area contributed by atoms with Crippen molar-refractivity contribution < 1.29 is 4.79 Å². The first-order chi connectivity index (χ1) is 7.48. The van der Waals surface area contributed by atoms with Crippen molar-refractivity contribution >= 4 is 5.78 Å². The van der Waals surface area contributed by atoms with Crippen LogP contribution in [0.1, 0.15) is 50.0 Å². The topological polar surface area (TPSA) is 34.9 Å². The number of carbonyl (C=O) groups is 1. The molecule has 1 heterocycles. The highest BCUT2D eigenvalue weighted by molar-refractivity contribution is 5.96. The Balaban J connectivity index is 2.02. The molecule has 88 valence electrons. The van der Waals surface area contributed by atoms with Crippen LogP contribution in [0.25, 0.3) is 0 Å². The molecule has 16 heavy (non-hydrogen) atoms. The molecule has 0 unspecified atom stereocenters. The highest BCUT2D eigenvalue weighted by Gasteiger charge is 2.31. The van der Waals surface area contributed by atoms with E-state index < -0.39 is 0 Å². The number of Topliss-reactive ketones (excluding diaryl/α,β-unsaturated/α-hetero) is 1. The van der Waals surface area contributed by atoms with E-state index in [2.05, 4.69) is 18.9 Å². The van der Waals surface area contributed by atoms with E-state index in [-0.39, 0.29) is 11.7 Å². The van der Waals surface area contributed by atoms with Crippen molar-refractivity contribution in [2.75, 3.05) is 0 Å². The largest absolute Gasteiger partial charge is 0.292 e. The van der Waals surface area contributed by atoms with Crippen LogP contribution in [-0.2, 0) is 7.05 Å². The highest BCUT2D eigenvalue weighted by atomic mass is 16.1. The Hall–Kier alpha value is -1.12. The van der Waals surface area contributed by atoms with Gasteiger partial charge >= 0.3 is 0 Å². The molecule has 0 aliphatic heterocycles. The number of hydrogen-bond donors (Lipinski definition) is 0. The summed E-state index contributed by atoms with van der Waals surface area (Å²) >= 11 is 0. The fraction of sp³-hybridized carbons (Fsp3) is 0.692. The van der Waals surface area contributed by atoms with Crippen LogP contribution in [0.5, 0.6) is 0 Å². The summed E-state index contributed by atoms with van der Waals surface area (Å²) in [6.07, 6.45) is 6.16. The number of hydrogen-bond acceptors (Lipinski definition) is 2. The summed E-state index contributed by atoms with van der Waals surface area (Å²) in [5.41, 5.74) is 1.05. The van der Waals surface area contributed by atoms with Gasteiger partial charge in [0.15, 0.2) is 5.78 Å². The zero-order valence-corrected chi connectivity index (χ0v) is 10.4. The maximum atomic E-state index is 12.1. The maximum absolute atomic E-state index is 12.1. The lowest BCUT2D eigenvalue weighted by Crippen LogP contribution is -2.26. The number of aryl methyl sites for hydroxylation is 1. The highest BCUT2D eigenvalue weighted by Crippen LogP contribution is 2.38. The molecule has 0 atom stereocenters. The minimum absolute atomic E-state index is 0.197. The first-order valence-electron chi connectivity index (χ1n) is 6.02. The van der Waals surface area contributed by atoms with Crippen LogP contribution in [0.4, 0.5) is 0 Å². The standard InChI is InChI=1S/C13H20N2O/c1-13(2)7-4-10(5-8-13)12(16)11-6-9-15(3)14-11/h6,9-10H,4-5,7-8H2,1-3H3. The van der Waals surface area contributed by atoms with Gasteiger partial charge in [-0.1, -0.05) is 13.8 Å². The van der Waals surface area contributed by atoms with Gasteiger partial charge in [-0.05, 0) is 37.2 Å². The van der Waals surface area contributed by atoms with Gasteiger partial charge in [-0.3, -0.25) is 9.48 Å². The fourth-order valence-electron chi connectivity index (χ4n) is 2.42. The Kier molecular flexibility index (Phi) is 2.87. The molecule has 0 bridgehead atoms. The average Bonchev–Trinajstić information content (AvgIpc) is 2.64. The minimum Gasteiger partial charge on any atom is -0.292 e. The monoisotopic (exact) mass is 220 g/mol. The summed E-state index contributed by atoms with van der Waals surface area (Å²) in [5, 5.41) is 4.19. The van der Waals surface area contributed by atoms with Gasteiger partial charge in [-0.15, -0.1) is 0 Å². The van der Waals surface area contributed by atoms with Gasteiger partial charge in [0.25, 0.3) is 0 Å². The molecule has 1 aromatic heterocycles. The van der Waals surface area contributed by atoms with Gasteiger partial charge in [0.1, 0.15) is 5.69 Å². The van der Waals surface area contributed by atoms with Crippen LogP contribution in [-0.4, -0.2) is 15.6 Å². The van der Waals surface area contributed by atoms with Crippen molar-refractivity contribution in [2.24, 2.45) is 18.4 Å². The first kappa shape index (κ1) is 11.4. The lowest BCUT2D eigenvalue weighted by Gasteiger charge is -2.33. The first-order valence-corrected chi connectivity index (χ1v) is 6.02. The van der Waals surface area contributed by atoms with Gasteiger partial charge in [0.05, 0.1) is 0 Å². The van der Waals surface area contributed by atoms with Crippen LogP contribution < -0.4 is 0 Å². The van der Waals surface area contributed by atoms with E-state index in [9.17, 15) is 4.79 Å². The second-order valence-corrected chi connectivity index (χ2v) is 5.68. The quantitative estimate of drug-likeness (QED) is 0.718. The van der Waals surface area contributed by atoms with Crippen LogP contribution >= 0.6 is 0 Å². The molecule has 0 spiro atoms. The Bertz CT molecular complexity index is 382. The summed E-state index contributed by atoms with van der Waals surface area (Å²) in [4.78, 5) is 12.1. The minimum atomic E-state index is 0.197. The predicted octanol–water partition coefficient (Wildman–Crippen LogP) is 2.82. The molecule has 1 aliphatic carbocycles. The van der Waals surface area contributed by atoms with Crippen molar-refractivity contribution in [3.8, 4) is 0 Å². The van der Waals surface area contributed by atoms with Crippen molar-refractivity contribution in [2.45, 2.75) is 39.5 Å². The Labute approximate surface area is 96.8 Å². The van der Waals surface area contributed by atoms with Gasteiger partial charge in [-0.2, -0.15) is 5.10 Å². The maximum Gasteiger partial charge on any atom is 0.186 e. The molecule has 0 amide bonds. The van der Waals surface area contributed by atoms with Gasteiger partial charge in [-0.25, -0.2) is 0 Å². The second kappa shape index (κ2) is 4.04. The molecule has 0 saturated heterocycles. The third kappa shape index (κ3) is 2.34. The fourth-order valence-corrected chi connectivity index (χ4v) is 2.42. The lowest BCUT2D eigenvalue weighted by molar-refractivity contribution is 0.0832. The molecule has 1 saturated carbocycles. The van der Waals surface area contributed by atoms with Crippen LogP contribution in [0.2, 0.25) is 0 Å². The second-order valence-electron chi connectivity index (χ2n) is 5.68. The Morgan fingerprint density at radius 2 is 2.06 bits per heavy atom. The van der Waals surface area contributed by atoms with Crippen LogP contribution in [0.15, 0.2) is 12.3 Å². The summed E-state index contributed by atoms with van der Waals surface area (Å²) < 4.78 is 1.69. The molecule has 3 nitrogen and oxygen atoms in total. The van der Waals surface area contributed by atoms with Gasteiger partial charge < -0.3 is 0 Å². The zero-order valence-electron chi connectivity index (χ0n) is 10.4. The molecule has 2 rings (SSSR count). The van der Waals surface area contributed by atoms with Crippen molar-refractivity contribution in [1.29, 1.82) is 0 Å². The Morgan fingerprint density at radius 1 is 1.44 bits per heavy atom. The summed E-state index contributed by atoms with van der Waals surface area (Å²) in [6, 6.07) is 1.82. The number of nitrogens with zero attached hydrogens (tertiary/aromatic N) is 2. The summed E-state index contributed by atoms with van der Waals surface area (Å²) in [7, 11) is 1.85. The van der Waals surface area contributed by atoms with Crippen LogP contribution in [0.3, 0.4) is 0 Å². The zero-order chi connectivity index (χ0) is 11.8. The van der Waals surface area contributed by atoms with Crippen molar-refractivity contribution in [3.05, 3.63) is 18.0 Å². The number of carbonyl (C=O) groups excluding carboxylic acids is 1. The lowest BCUT2D eigenvalue weighted by atomic mass is 9.72. The van der Waals surface area contributed by atoms with Crippen molar-refractivity contribution in [1.82, 2.24) is 9.78 Å². The van der Waals surface area contributed by atoms with E-state index in [0.717, 1.165) is 25.7 Å². The molecule has 0 N–H and O–H groups in total. The Morgan fingerprint density at radius 3 is 2.56 bits per heavy atom. The summed E-state index contributed by atoms with van der Waals surface area (Å²) in [5.74, 6) is 0.430. The van der Waals surface area contributed by atoms with E-state index in [0.29, 0.717) is 11.1 Å². The molecular weight excluding hydrogens is 200 g/mol. The van der Waals surface area contributed by atoms with E-state index in [1.165, 1.54) is 0 Å². The van der Waals surface area contributed by atoms with Gasteiger partial charge in [0, 0.05) is 19.2 Å². The third-order valence-electron chi connectivity index (χ3n) is 3.68. The molecule has 0 radical (unpaired) electrons. The van der Waals surface area contributed by atoms with E-state index >= 15 is 0 Å². The smallest absolute Gasteiger partial charge is 0.186 e. The van der Waals surface area contributed by atoms with E-state index in [1.54, 1.807) is 4.68 Å². The van der Waals surface area contributed by atoms with E-state index in [4.69, 9.17) is 0 Å². The van der Waals surface area contributed by atoms with Gasteiger partial charge in [0.2, 0.25) is 0 Å². The normalized spacial score (nSPS) is 20.9. The molecular formula is C13H20N2O. The number of ketones is 1. The molecule has 1 aromatic rings. The third-order valence-corrected chi connectivity index (χ3v) is 3.68. The van der Waals surface area contributed by atoms with Crippen molar-refractivity contribution in [3.63, 3.8) is 0 Å². The number of aromatic nitrogens is 2.